The highest BCUT2D eigenvalue weighted by atomic mass is 16.7. The fourth-order valence-electron chi connectivity index (χ4n) is 3.99. The van der Waals surface area contributed by atoms with Crippen molar-refractivity contribution in [3.8, 4) is 11.6 Å². The lowest BCUT2D eigenvalue weighted by Crippen LogP contribution is -2.28. The van der Waals surface area contributed by atoms with Gasteiger partial charge in [-0.25, -0.2) is 4.79 Å². The lowest BCUT2D eigenvalue weighted by atomic mass is 10.1. The van der Waals surface area contributed by atoms with Crippen LogP contribution in [-0.4, -0.2) is 45.1 Å². The minimum Gasteiger partial charge on any atom is -0.494 e. The van der Waals surface area contributed by atoms with E-state index in [1.54, 1.807) is 12.1 Å². The summed E-state index contributed by atoms with van der Waals surface area (Å²) >= 11 is 0. The van der Waals surface area contributed by atoms with Crippen molar-refractivity contribution in [3.05, 3.63) is 53.6 Å². The number of hydrogen-bond donors (Lipinski definition) is 3. The first-order valence-corrected chi connectivity index (χ1v) is 10.1. The summed E-state index contributed by atoms with van der Waals surface area (Å²) in [6, 6.07) is 12.9. The highest BCUT2D eigenvalue weighted by Crippen LogP contribution is 2.32. The van der Waals surface area contributed by atoms with Gasteiger partial charge in [-0.15, -0.1) is 0 Å². The number of fused-ring (bicyclic) bond motifs is 1. The number of H-pyrrole nitrogens is 1. The molecule has 7 nitrogen and oxygen atoms in total. The largest absolute Gasteiger partial charge is 0.511 e. The van der Waals surface area contributed by atoms with Gasteiger partial charge in [0, 0.05) is 17.4 Å². The maximum atomic E-state index is 10.8. The van der Waals surface area contributed by atoms with E-state index in [4.69, 9.17) is 9.84 Å². The monoisotopic (exact) mass is 407 g/mol. The van der Waals surface area contributed by atoms with Gasteiger partial charge in [-0.3, -0.25) is 9.89 Å². The Morgan fingerprint density at radius 3 is 2.57 bits per heavy atom. The van der Waals surface area contributed by atoms with Gasteiger partial charge >= 0.3 is 6.16 Å². The van der Waals surface area contributed by atoms with Gasteiger partial charge in [0.15, 0.2) is 5.88 Å². The zero-order chi connectivity index (χ0) is 21.1. The maximum Gasteiger partial charge on any atom is 0.511 e. The molecule has 2 heterocycles. The number of carbonyl (C=O) groups is 1. The number of piperidine rings is 1. The number of ether oxygens (including phenoxy) is 1. The van der Waals surface area contributed by atoms with Crippen molar-refractivity contribution in [1.29, 1.82) is 0 Å². The highest BCUT2D eigenvalue weighted by molar-refractivity contribution is 6.13. The standard InChI is InChI=1S/C23H25N3O4/c1-15(21-19-13-18(30-23(28)29)9-10-20(19)25-22(21)27)24-17-7-5-16(6-8-17)14-26-11-3-2-4-12-26/h5-10,13,25,27H,2-4,11-12,14H2,1H3,(H,28,29). The van der Waals surface area contributed by atoms with Crippen LogP contribution in [0.3, 0.4) is 0 Å². The molecule has 2 aromatic carbocycles. The third-order valence-corrected chi connectivity index (χ3v) is 5.41. The van der Waals surface area contributed by atoms with Gasteiger partial charge in [0.1, 0.15) is 5.75 Å². The number of aromatic hydroxyl groups is 1. The highest BCUT2D eigenvalue weighted by Gasteiger charge is 2.16. The summed E-state index contributed by atoms with van der Waals surface area (Å²) in [6.07, 6.45) is 2.49. The van der Waals surface area contributed by atoms with Crippen LogP contribution in [0.4, 0.5) is 10.5 Å². The Kier molecular flexibility index (Phi) is 5.72. The van der Waals surface area contributed by atoms with Crippen LogP contribution in [0.5, 0.6) is 11.6 Å². The van der Waals surface area contributed by atoms with Gasteiger partial charge in [-0.2, -0.15) is 0 Å². The summed E-state index contributed by atoms with van der Waals surface area (Å²) in [5.41, 5.74) is 3.88. The molecule has 0 aliphatic carbocycles. The van der Waals surface area contributed by atoms with Crippen LogP contribution < -0.4 is 4.74 Å². The Balaban J connectivity index is 1.57. The predicted molar refractivity (Wildman–Crippen MR) is 116 cm³/mol. The third-order valence-electron chi connectivity index (χ3n) is 5.41. The maximum absolute atomic E-state index is 10.8. The van der Waals surface area contributed by atoms with Gasteiger partial charge < -0.3 is 19.9 Å². The number of aromatic nitrogens is 1. The van der Waals surface area contributed by atoms with E-state index in [1.165, 1.54) is 30.9 Å². The molecule has 0 radical (unpaired) electrons. The normalized spacial score (nSPS) is 15.4. The molecular weight excluding hydrogens is 382 g/mol. The molecular formula is C23H25N3O4. The topological polar surface area (TPSA) is 98.1 Å². The Morgan fingerprint density at radius 2 is 1.87 bits per heavy atom. The molecule has 0 amide bonds. The second kappa shape index (κ2) is 8.59. The lowest BCUT2D eigenvalue weighted by Gasteiger charge is -2.26. The van der Waals surface area contributed by atoms with Gasteiger partial charge in [0.2, 0.25) is 0 Å². The van der Waals surface area contributed by atoms with Crippen molar-refractivity contribution in [2.24, 2.45) is 4.99 Å². The fourth-order valence-corrected chi connectivity index (χ4v) is 3.99. The molecule has 0 bridgehead atoms. The number of rotatable bonds is 5. The first-order chi connectivity index (χ1) is 14.5. The zero-order valence-corrected chi connectivity index (χ0v) is 16.9. The van der Waals surface area contributed by atoms with Gasteiger partial charge in [0.05, 0.1) is 17.0 Å². The average Bonchev–Trinajstić information content (AvgIpc) is 3.05. The molecule has 156 valence electrons. The van der Waals surface area contributed by atoms with Crippen LogP contribution in [0.2, 0.25) is 0 Å². The lowest BCUT2D eigenvalue weighted by molar-refractivity contribution is 0.144. The van der Waals surface area contributed by atoms with Crippen LogP contribution in [0.15, 0.2) is 47.5 Å². The van der Waals surface area contributed by atoms with E-state index in [9.17, 15) is 9.90 Å². The molecule has 0 atom stereocenters. The number of aliphatic imine (C=N–C) groups is 1. The molecule has 1 aliphatic heterocycles. The van der Waals surface area contributed by atoms with Crippen LogP contribution in [0.25, 0.3) is 10.9 Å². The molecule has 4 rings (SSSR count). The van der Waals surface area contributed by atoms with Crippen LogP contribution in [0.1, 0.15) is 37.3 Å². The summed E-state index contributed by atoms with van der Waals surface area (Å²) in [5, 5.41) is 19.9. The van der Waals surface area contributed by atoms with Crippen LogP contribution in [-0.2, 0) is 6.54 Å². The second-order valence-electron chi connectivity index (χ2n) is 7.62. The SMILES string of the molecule is CC(=Nc1ccc(CN2CCCCC2)cc1)c1c(O)[nH]c2ccc(OC(=O)O)cc12. The Hall–Kier alpha value is -3.32. The molecule has 0 unspecified atom stereocenters. The predicted octanol–water partition coefficient (Wildman–Crippen LogP) is 5.06. The van der Waals surface area contributed by atoms with Crippen molar-refractivity contribution in [1.82, 2.24) is 9.88 Å². The molecule has 0 spiro atoms. The number of aromatic amines is 1. The fraction of sp³-hybridized carbons (Fsp3) is 0.304. The number of carboxylic acid groups (broad SMARTS) is 1. The first kappa shape index (κ1) is 20.0. The van der Waals surface area contributed by atoms with E-state index in [-0.39, 0.29) is 11.6 Å². The molecule has 3 N–H and O–H groups in total. The molecule has 1 aromatic heterocycles. The molecule has 3 aromatic rings. The van der Waals surface area contributed by atoms with Crippen LogP contribution >= 0.6 is 0 Å². The summed E-state index contributed by atoms with van der Waals surface area (Å²) in [7, 11) is 0. The number of nitrogens with zero attached hydrogens (tertiary/aromatic N) is 2. The summed E-state index contributed by atoms with van der Waals surface area (Å²) < 4.78 is 4.74. The minimum absolute atomic E-state index is 0.0135. The Labute approximate surface area is 174 Å². The van der Waals surface area contributed by atoms with Gasteiger partial charge in [-0.05, 0) is 68.8 Å². The molecule has 1 saturated heterocycles. The van der Waals surface area contributed by atoms with E-state index in [1.807, 2.05) is 19.1 Å². The third kappa shape index (κ3) is 4.46. The Morgan fingerprint density at radius 1 is 1.13 bits per heavy atom. The van der Waals surface area contributed by atoms with Crippen molar-refractivity contribution in [3.63, 3.8) is 0 Å². The second-order valence-corrected chi connectivity index (χ2v) is 7.62. The van der Waals surface area contributed by atoms with E-state index in [0.717, 1.165) is 25.3 Å². The smallest absolute Gasteiger partial charge is 0.494 e. The summed E-state index contributed by atoms with van der Waals surface area (Å²) in [6.45, 7) is 5.09. The molecule has 1 aliphatic rings. The quantitative estimate of drug-likeness (QED) is 0.312. The summed E-state index contributed by atoms with van der Waals surface area (Å²) in [4.78, 5) is 20.8. The van der Waals surface area contributed by atoms with E-state index in [2.05, 4.69) is 27.0 Å². The van der Waals surface area contributed by atoms with Crippen LogP contribution in [0, 0.1) is 0 Å². The summed E-state index contributed by atoms with van der Waals surface area (Å²) in [5.74, 6) is 0.172. The number of benzene rings is 2. The van der Waals surface area contributed by atoms with E-state index in [0.29, 0.717) is 22.2 Å². The van der Waals surface area contributed by atoms with E-state index >= 15 is 0 Å². The average molecular weight is 407 g/mol. The van der Waals surface area contributed by atoms with Crippen molar-refractivity contribution < 1.29 is 19.7 Å². The molecule has 0 saturated carbocycles. The van der Waals surface area contributed by atoms with Crippen molar-refractivity contribution in [2.45, 2.75) is 32.7 Å². The number of hydrogen-bond acceptors (Lipinski definition) is 5. The number of likely N-dealkylation sites (tertiary alicyclic amines) is 1. The molecule has 30 heavy (non-hydrogen) atoms. The minimum atomic E-state index is -1.38. The zero-order valence-electron chi connectivity index (χ0n) is 16.9. The number of nitrogens with one attached hydrogen (secondary N) is 1. The van der Waals surface area contributed by atoms with Crippen molar-refractivity contribution >= 4 is 28.5 Å². The molecule has 7 heteroatoms. The Bertz CT molecular complexity index is 1080. The van der Waals surface area contributed by atoms with Gasteiger partial charge in [0.25, 0.3) is 0 Å². The van der Waals surface area contributed by atoms with Gasteiger partial charge in [-0.1, -0.05) is 18.6 Å². The van der Waals surface area contributed by atoms with Crippen molar-refractivity contribution in [2.75, 3.05) is 13.1 Å². The first-order valence-electron chi connectivity index (χ1n) is 10.1. The van der Waals surface area contributed by atoms with E-state index < -0.39 is 6.16 Å². The molecule has 1 fully saturated rings.